The van der Waals surface area contributed by atoms with Crippen molar-refractivity contribution in [3.63, 3.8) is 0 Å². The Bertz CT molecular complexity index is 1170. The number of nitrogens with zero attached hydrogens (tertiary/aromatic N) is 1. The number of hydrogen-bond donors (Lipinski definition) is 1. The summed E-state index contributed by atoms with van der Waals surface area (Å²) in [6.07, 6.45) is -1.24. The third kappa shape index (κ3) is 5.61. The fraction of sp³-hybridized carbons (Fsp3) is 0.136. The molecule has 0 aliphatic rings. The summed E-state index contributed by atoms with van der Waals surface area (Å²) in [5.41, 5.74) is 1.06. The predicted octanol–water partition coefficient (Wildman–Crippen LogP) is 4.50. The predicted molar refractivity (Wildman–Crippen MR) is 114 cm³/mol. The summed E-state index contributed by atoms with van der Waals surface area (Å²) in [6, 6.07) is 17.4. The van der Waals surface area contributed by atoms with E-state index in [2.05, 4.69) is 0 Å². The third-order valence-electron chi connectivity index (χ3n) is 4.48. The highest BCUT2D eigenvalue weighted by atomic mass is 35.5. The number of sulfonamides is 1. The van der Waals surface area contributed by atoms with Crippen molar-refractivity contribution in [1.29, 1.82) is 0 Å². The lowest BCUT2D eigenvalue weighted by Gasteiger charge is -2.18. The highest BCUT2D eigenvalue weighted by Gasteiger charge is 2.23. The van der Waals surface area contributed by atoms with Crippen molar-refractivity contribution in [2.75, 3.05) is 7.05 Å². The maximum atomic E-state index is 13.1. The zero-order chi connectivity index (χ0) is 22.6. The summed E-state index contributed by atoms with van der Waals surface area (Å²) in [6.45, 7) is 0.0661. The Labute approximate surface area is 184 Å². The molecule has 0 aliphatic carbocycles. The van der Waals surface area contributed by atoms with Crippen LogP contribution in [0.5, 0.6) is 5.75 Å². The van der Waals surface area contributed by atoms with Gasteiger partial charge in [-0.2, -0.15) is 4.31 Å². The van der Waals surface area contributed by atoms with Gasteiger partial charge in [-0.15, -0.1) is 0 Å². The first kappa shape index (κ1) is 22.7. The van der Waals surface area contributed by atoms with Crippen LogP contribution in [0.25, 0.3) is 0 Å². The SMILES string of the molecule is CN(Cc1ccc(OC(C(=O)O)c2cccc(Cl)c2)cc1)S(=O)(=O)c1ccc(F)cc1. The highest BCUT2D eigenvalue weighted by Crippen LogP contribution is 2.25. The minimum atomic E-state index is -3.79. The summed E-state index contributed by atoms with van der Waals surface area (Å²) in [5.74, 6) is -1.38. The van der Waals surface area contributed by atoms with Crippen LogP contribution in [0, 0.1) is 5.82 Å². The third-order valence-corrected chi connectivity index (χ3v) is 6.53. The number of aliphatic carboxylic acids is 1. The lowest BCUT2D eigenvalue weighted by molar-refractivity contribution is -0.145. The van der Waals surface area contributed by atoms with Gasteiger partial charge in [0.25, 0.3) is 0 Å². The van der Waals surface area contributed by atoms with Gasteiger partial charge in [0.2, 0.25) is 16.1 Å². The lowest BCUT2D eigenvalue weighted by atomic mass is 10.1. The molecule has 3 aromatic rings. The van der Waals surface area contributed by atoms with Gasteiger partial charge in [-0.25, -0.2) is 17.6 Å². The van der Waals surface area contributed by atoms with Crippen LogP contribution in [0.1, 0.15) is 17.2 Å². The molecule has 162 valence electrons. The van der Waals surface area contributed by atoms with Gasteiger partial charge in [0.15, 0.2) is 0 Å². The van der Waals surface area contributed by atoms with Crippen LogP contribution < -0.4 is 4.74 Å². The van der Waals surface area contributed by atoms with Gasteiger partial charge in [-0.1, -0.05) is 35.9 Å². The zero-order valence-electron chi connectivity index (χ0n) is 16.4. The minimum Gasteiger partial charge on any atom is -0.478 e. The zero-order valence-corrected chi connectivity index (χ0v) is 18.0. The van der Waals surface area contributed by atoms with E-state index < -0.39 is 27.9 Å². The van der Waals surface area contributed by atoms with Gasteiger partial charge < -0.3 is 9.84 Å². The van der Waals surface area contributed by atoms with Gasteiger partial charge in [-0.05, 0) is 54.1 Å². The molecule has 0 aromatic heterocycles. The Balaban J connectivity index is 1.72. The largest absolute Gasteiger partial charge is 0.478 e. The van der Waals surface area contributed by atoms with Crippen molar-refractivity contribution in [1.82, 2.24) is 4.31 Å². The summed E-state index contributed by atoms with van der Waals surface area (Å²) >= 11 is 5.93. The van der Waals surface area contributed by atoms with Crippen molar-refractivity contribution in [3.8, 4) is 5.75 Å². The molecule has 0 saturated heterocycles. The Morgan fingerprint density at radius 3 is 2.32 bits per heavy atom. The molecule has 0 amide bonds. The van der Waals surface area contributed by atoms with Crippen LogP contribution >= 0.6 is 11.6 Å². The lowest BCUT2D eigenvalue weighted by Crippen LogP contribution is -2.26. The van der Waals surface area contributed by atoms with Crippen molar-refractivity contribution < 1.29 is 27.4 Å². The van der Waals surface area contributed by atoms with Crippen molar-refractivity contribution >= 4 is 27.6 Å². The first-order valence-electron chi connectivity index (χ1n) is 9.12. The van der Waals surface area contributed by atoms with E-state index in [1.54, 1.807) is 42.5 Å². The van der Waals surface area contributed by atoms with Crippen LogP contribution in [0.3, 0.4) is 0 Å². The van der Waals surface area contributed by atoms with Gasteiger partial charge in [0.1, 0.15) is 11.6 Å². The van der Waals surface area contributed by atoms with Gasteiger partial charge in [-0.3, -0.25) is 0 Å². The fourth-order valence-electron chi connectivity index (χ4n) is 2.87. The second-order valence-electron chi connectivity index (χ2n) is 6.75. The van der Waals surface area contributed by atoms with E-state index in [-0.39, 0.29) is 11.4 Å². The first-order chi connectivity index (χ1) is 14.7. The normalized spacial score (nSPS) is 12.5. The number of carboxylic acids is 1. The number of benzene rings is 3. The molecule has 3 aromatic carbocycles. The average molecular weight is 464 g/mol. The summed E-state index contributed by atoms with van der Waals surface area (Å²) in [4.78, 5) is 11.6. The van der Waals surface area contributed by atoms with E-state index in [9.17, 15) is 22.7 Å². The van der Waals surface area contributed by atoms with Crippen LogP contribution in [-0.2, 0) is 21.4 Å². The molecular formula is C22H19ClFNO5S. The van der Waals surface area contributed by atoms with E-state index in [4.69, 9.17) is 16.3 Å². The molecule has 0 aliphatic heterocycles. The average Bonchev–Trinajstić information content (AvgIpc) is 2.73. The molecule has 9 heteroatoms. The Hall–Kier alpha value is -2.94. The molecule has 0 radical (unpaired) electrons. The molecular weight excluding hydrogens is 445 g/mol. The maximum absolute atomic E-state index is 13.1. The number of carboxylic acid groups (broad SMARTS) is 1. The number of carbonyl (C=O) groups is 1. The van der Waals surface area contributed by atoms with Crippen LogP contribution in [-0.4, -0.2) is 30.8 Å². The Morgan fingerprint density at radius 1 is 1.10 bits per heavy atom. The van der Waals surface area contributed by atoms with Crippen molar-refractivity contribution in [3.05, 3.63) is 94.8 Å². The minimum absolute atomic E-state index is 0.0119. The van der Waals surface area contributed by atoms with E-state index >= 15 is 0 Å². The Kier molecular flexibility index (Phi) is 6.94. The first-order valence-corrected chi connectivity index (χ1v) is 10.9. The number of ether oxygens (including phenoxy) is 1. The van der Waals surface area contributed by atoms with E-state index in [0.717, 1.165) is 16.4 Å². The molecule has 0 saturated carbocycles. The van der Waals surface area contributed by atoms with E-state index in [0.29, 0.717) is 21.9 Å². The summed E-state index contributed by atoms with van der Waals surface area (Å²) in [7, 11) is -2.37. The molecule has 0 bridgehead atoms. The molecule has 0 heterocycles. The van der Waals surface area contributed by atoms with Crippen molar-refractivity contribution in [2.45, 2.75) is 17.5 Å². The molecule has 1 unspecified atom stereocenters. The second kappa shape index (κ2) is 9.47. The molecule has 31 heavy (non-hydrogen) atoms. The number of hydrogen-bond acceptors (Lipinski definition) is 4. The van der Waals surface area contributed by atoms with Crippen LogP contribution in [0.15, 0.2) is 77.7 Å². The molecule has 6 nitrogen and oxygen atoms in total. The fourth-order valence-corrected chi connectivity index (χ4v) is 4.23. The second-order valence-corrected chi connectivity index (χ2v) is 9.23. The summed E-state index contributed by atoms with van der Waals surface area (Å²) in [5, 5.41) is 9.90. The van der Waals surface area contributed by atoms with Crippen LogP contribution in [0.2, 0.25) is 5.02 Å². The highest BCUT2D eigenvalue weighted by molar-refractivity contribution is 7.89. The molecule has 1 N–H and O–H groups in total. The smallest absolute Gasteiger partial charge is 0.349 e. The van der Waals surface area contributed by atoms with Gasteiger partial charge in [0.05, 0.1) is 4.90 Å². The number of rotatable bonds is 8. The number of halogens is 2. The maximum Gasteiger partial charge on any atom is 0.349 e. The summed E-state index contributed by atoms with van der Waals surface area (Å²) < 4.78 is 45.1. The topological polar surface area (TPSA) is 83.9 Å². The van der Waals surface area contributed by atoms with Gasteiger partial charge >= 0.3 is 5.97 Å². The van der Waals surface area contributed by atoms with E-state index in [1.165, 1.54) is 25.2 Å². The van der Waals surface area contributed by atoms with E-state index in [1.807, 2.05) is 0 Å². The molecule has 3 rings (SSSR count). The quantitative estimate of drug-likeness (QED) is 0.531. The molecule has 0 fully saturated rings. The van der Waals surface area contributed by atoms with Crippen LogP contribution in [0.4, 0.5) is 4.39 Å². The van der Waals surface area contributed by atoms with Gasteiger partial charge in [0, 0.05) is 24.2 Å². The standard InChI is InChI=1S/C22H19ClFNO5S/c1-25(31(28,29)20-11-7-18(24)8-12-20)14-15-5-9-19(10-6-15)30-21(22(26)27)16-3-2-4-17(23)13-16/h2-13,21H,14H2,1H3,(H,26,27). The Morgan fingerprint density at radius 2 is 1.74 bits per heavy atom. The molecule has 1 atom stereocenters. The van der Waals surface area contributed by atoms with Crippen molar-refractivity contribution in [2.24, 2.45) is 0 Å². The monoisotopic (exact) mass is 463 g/mol. The molecule has 0 spiro atoms.